The minimum absolute atomic E-state index is 0.247. The molecule has 1 heterocycles. The van der Waals surface area contributed by atoms with Crippen LogP contribution in [-0.4, -0.2) is 18.8 Å². The number of aliphatic hydroxyl groups excluding tert-OH is 1. The highest BCUT2D eigenvalue weighted by Crippen LogP contribution is 2.48. The van der Waals surface area contributed by atoms with Gasteiger partial charge in [0.25, 0.3) is 0 Å². The van der Waals surface area contributed by atoms with Crippen LogP contribution in [0.15, 0.2) is 48.5 Å². The lowest BCUT2D eigenvalue weighted by Gasteiger charge is -2.38. The molecule has 2 heteroatoms. The van der Waals surface area contributed by atoms with Gasteiger partial charge in [0.15, 0.2) is 0 Å². The van der Waals surface area contributed by atoms with Crippen molar-refractivity contribution < 1.29 is 5.11 Å². The number of unbranched alkanes of at least 4 members (excludes halogenated alkanes) is 1. The molecule has 0 radical (unpaired) electrons. The smallest absolute Gasteiger partial charge is 0.0468 e. The molecular weight excluding hydrogens is 270 g/mol. The fraction of sp³-hybridized carbons (Fsp3) is 0.400. The van der Waals surface area contributed by atoms with E-state index in [0.717, 1.165) is 6.42 Å². The Morgan fingerprint density at radius 1 is 1.00 bits per heavy atom. The van der Waals surface area contributed by atoms with E-state index >= 15 is 0 Å². The van der Waals surface area contributed by atoms with E-state index in [-0.39, 0.29) is 12.5 Å². The number of fused-ring (bicyclic) bond motifs is 2. The molecule has 3 rings (SSSR count). The lowest BCUT2D eigenvalue weighted by Crippen LogP contribution is -2.27. The standard InChI is InChI=1S/C20H25NO/c1-3-4-9-15(14-22)20-16-10-5-7-12-18(16)21(2)19-13-8-6-11-17(19)20/h5-8,10-13,15,20,22H,3-4,9,14H2,1-2H3/t15-/m0/s1. The van der Waals surface area contributed by atoms with Crippen molar-refractivity contribution in [2.24, 2.45) is 5.92 Å². The monoisotopic (exact) mass is 295 g/mol. The largest absolute Gasteiger partial charge is 0.396 e. The Balaban J connectivity index is 2.11. The zero-order valence-corrected chi connectivity index (χ0v) is 13.5. The number of hydrogen-bond donors (Lipinski definition) is 1. The molecule has 116 valence electrons. The highest BCUT2D eigenvalue weighted by molar-refractivity contribution is 5.75. The molecule has 1 atom stereocenters. The highest BCUT2D eigenvalue weighted by atomic mass is 16.3. The molecule has 0 amide bonds. The summed E-state index contributed by atoms with van der Waals surface area (Å²) in [6, 6.07) is 17.2. The van der Waals surface area contributed by atoms with Gasteiger partial charge in [-0.15, -0.1) is 0 Å². The average molecular weight is 295 g/mol. The first kappa shape index (κ1) is 15.1. The van der Waals surface area contributed by atoms with Crippen LogP contribution in [0.25, 0.3) is 0 Å². The van der Waals surface area contributed by atoms with Crippen LogP contribution in [0.5, 0.6) is 0 Å². The Morgan fingerprint density at radius 2 is 1.55 bits per heavy atom. The number of aliphatic hydroxyl groups is 1. The molecule has 0 aliphatic carbocycles. The van der Waals surface area contributed by atoms with Crippen molar-refractivity contribution in [3.8, 4) is 0 Å². The van der Waals surface area contributed by atoms with Gasteiger partial charge in [-0.05, 0) is 35.6 Å². The van der Waals surface area contributed by atoms with Crippen LogP contribution in [0, 0.1) is 5.92 Å². The summed E-state index contributed by atoms with van der Waals surface area (Å²) in [6.07, 6.45) is 3.42. The molecule has 1 N–H and O–H groups in total. The third-order valence-electron chi connectivity index (χ3n) is 4.90. The van der Waals surface area contributed by atoms with Crippen molar-refractivity contribution in [2.75, 3.05) is 18.6 Å². The molecule has 0 aromatic heterocycles. The topological polar surface area (TPSA) is 23.5 Å². The second kappa shape index (κ2) is 6.53. The number of rotatable bonds is 5. The molecule has 0 bridgehead atoms. The Labute approximate surface area is 133 Å². The van der Waals surface area contributed by atoms with Crippen molar-refractivity contribution in [3.63, 3.8) is 0 Å². The third-order valence-corrected chi connectivity index (χ3v) is 4.90. The number of nitrogens with zero attached hydrogens (tertiary/aromatic N) is 1. The van der Waals surface area contributed by atoms with Crippen LogP contribution in [0.2, 0.25) is 0 Å². The molecule has 2 nitrogen and oxygen atoms in total. The van der Waals surface area contributed by atoms with Crippen LogP contribution in [0.1, 0.15) is 43.2 Å². The first-order chi connectivity index (χ1) is 10.8. The molecule has 2 aromatic rings. The normalized spacial score (nSPS) is 15.3. The second-order valence-electron chi connectivity index (χ2n) is 6.24. The summed E-state index contributed by atoms with van der Waals surface area (Å²) >= 11 is 0. The molecule has 0 saturated carbocycles. The van der Waals surface area contributed by atoms with E-state index in [9.17, 15) is 5.11 Å². The first-order valence-electron chi connectivity index (χ1n) is 8.30. The van der Waals surface area contributed by atoms with Gasteiger partial charge in [-0.3, -0.25) is 0 Å². The first-order valence-corrected chi connectivity index (χ1v) is 8.30. The molecule has 0 unspecified atom stereocenters. The Morgan fingerprint density at radius 3 is 2.05 bits per heavy atom. The lowest BCUT2D eigenvalue weighted by atomic mass is 9.75. The van der Waals surface area contributed by atoms with Gasteiger partial charge in [0.2, 0.25) is 0 Å². The Hall–Kier alpha value is -1.80. The van der Waals surface area contributed by atoms with Gasteiger partial charge in [0.1, 0.15) is 0 Å². The van der Waals surface area contributed by atoms with E-state index in [1.807, 2.05) is 0 Å². The minimum Gasteiger partial charge on any atom is -0.396 e. The van der Waals surface area contributed by atoms with Crippen LogP contribution >= 0.6 is 0 Å². The number of anilines is 2. The van der Waals surface area contributed by atoms with Crippen molar-refractivity contribution in [2.45, 2.75) is 32.1 Å². The van der Waals surface area contributed by atoms with Crippen molar-refractivity contribution in [1.82, 2.24) is 0 Å². The molecule has 0 spiro atoms. The fourth-order valence-electron chi connectivity index (χ4n) is 3.75. The zero-order chi connectivity index (χ0) is 15.5. The van der Waals surface area contributed by atoms with Gasteiger partial charge < -0.3 is 10.0 Å². The van der Waals surface area contributed by atoms with E-state index in [1.165, 1.54) is 35.3 Å². The van der Waals surface area contributed by atoms with Crippen molar-refractivity contribution in [1.29, 1.82) is 0 Å². The minimum atomic E-state index is 0.247. The van der Waals surface area contributed by atoms with E-state index in [1.54, 1.807) is 0 Å². The SMILES string of the molecule is CCCC[C@@H](CO)C1c2ccccc2N(C)c2ccccc21. The number of benzene rings is 2. The average Bonchev–Trinajstić information content (AvgIpc) is 2.58. The zero-order valence-electron chi connectivity index (χ0n) is 13.5. The van der Waals surface area contributed by atoms with Crippen LogP contribution in [0.4, 0.5) is 11.4 Å². The maximum absolute atomic E-state index is 10.0. The van der Waals surface area contributed by atoms with Gasteiger partial charge in [0.05, 0.1) is 0 Å². The summed E-state index contributed by atoms with van der Waals surface area (Å²) in [5.41, 5.74) is 5.22. The summed E-state index contributed by atoms with van der Waals surface area (Å²) in [4.78, 5) is 2.27. The quantitative estimate of drug-likeness (QED) is 0.864. The van der Waals surface area contributed by atoms with Gasteiger partial charge in [-0.1, -0.05) is 56.2 Å². The van der Waals surface area contributed by atoms with Gasteiger partial charge >= 0.3 is 0 Å². The fourth-order valence-corrected chi connectivity index (χ4v) is 3.75. The lowest BCUT2D eigenvalue weighted by molar-refractivity contribution is 0.202. The Bertz CT molecular complexity index is 590. The van der Waals surface area contributed by atoms with E-state index < -0.39 is 0 Å². The van der Waals surface area contributed by atoms with Gasteiger partial charge in [-0.2, -0.15) is 0 Å². The summed E-state index contributed by atoms with van der Waals surface area (Å²) in [5, 5.41) is 10.0. The maximum atomic E-state index is 10.0. The van der Waals surface area contributed by atoms with Crippen LogP contribution < -0.4 is 4.90 Å². The molecule has 1 aliphatic heterocycles. The maximum Gasteiger partial charge on any atom is 0.0468 e. The predicted octanol–water partition coefficient (Wildman–Crippen LogP) is 4.70. The molecule has 1 aliphatic rings. The Kier molecular flexibility index (Phi) is 4.49. The molecule has 2 aromatic carbocycles. The molecule has 22 heavy (non-hydrogen) atoms. The third kappa shape index (κ3) is 2.52. The molecule has 0 saturated heterocycles. The number of para-hydroxylation sites is 2. The van der Waals surface area contributed by atoms with Crippen LogP contribution in [-0.2, 0) is 0 Å². The molecular formula is C20H25NO. The summed E-state index contributed by atoms with van der Waals surface area (Å²) in [5.74, 6) is 0.580. The van der Waals surface area contributed by atoms with Crippen LogP contribution in [0.3, 0.4) is 0 Å². The van der Waals surface area contributed by atoms with Crippen molar-refractivity contribution in [3.05, 3.63) is 59.7 Å². The second-order valence-corrected chi connectivity index (χ2v) is 6.24. The highest BCUT2D eigenvalue weighted by Gasteiger charge is 2.33. The van der Waals surface area contributed by atoms with E-state index in [4.69, 9.17) is 0 Å². The van der Waals surface area contributed by atoms with Gasteiger partial charge in [0, 0.05) is 30.9 Å². The molecule has 0 fully saturated rings. The summed E-state index contributed by atoms with van der Waals surface area (Å²) in [7, 11) is 2.13. The summed E-state index contributed by atoms with van der Waals surface area (Å²) < 4.78 is 0. The van der Waals surface area contributed by atoms with E-state index in [0.29, 0.717) is 5.92 Å². The van der Waals surface area contributed by atoms with E-state index in [2.05, 4.69) is 67.4 Å². The van der Waals surface area contributed by atoms with Crippen molar-refractivity contribution >= 4 is 11.4 Å². The predicted molar refractivity (Wildman–Crippen MR) is 92.9 cm³/mol. The summed E-state index contributed by atoms with van der Waals surface area (Å²) in [6.45, 7) is 2.46. The number of hydrogen-bond acceptors (Lipinski definition) is 2. The van der Waals surface area contributed by atoms with Gasteiger partial charge in [-0.25, -0.2) is 0 Å².